The second kappa shape index (κ2) is 11.9. The summed E-state index contributed by atoms with van der Waals surface area (Å²) in [5, 5.41) is 103. The molecule has 2 saturated heterocycles. The van der Waals surface area contributed by atoms with Crippen LogP contribution in [0.2, 0.25) is 0 Å². The first-order valence-corrected chi connectivity index (χ1v) is 13.1. The SMILES string of the molecule is O=C1CC(c2ccc(O)cc2)Oc2c1c(O)cc(O)c2[C@@H]1O[C@H](CO[C@@H]2O[C@H](CO)[C@@H](O)[C@H](O)[C@H]2O)[C@@H](O)[C@H](O)[C@H]1O. The van der Waals surface area contributed by atoms with Gasteiger partial charge in [-0.05, 0) is 17.7 Å². The van der Waals surface area contributed by atoms with E-state index < -0.39 is 97.8 Å². The Morgan fingerprint density at radius 1 is 0.786 bits per heavy atom. The van der Waals surface area contributed by atoms with Gasteiger partial charge in [-0.15, -0.1) is 0 Å². The van der Waals surface area contributed by atoms with E-state index in [4.69, 9.17) is 18.9 Å². The van der Waals surface area contributed by atoms with E-state index in [-0.39, 0.29) is 29.0 Å². The number of ketones is 1. The van der Waals surface area contributed by atoms with Crippen LogP contribution in [0, 0.1) is 0 Å². The minimum Gasteiger partial charge on any atom is -0.508 e. The predicted molar refractivity (Wildman–Crippen MR) is 136 cm³/mol. The van der Waals surface area contributed by atoms with E-state index in [1.54, 1.807) is 0 Å². The first-order chi connectivity index (χ1) is 19.9. The molecule has 3 heterocycles. The minimum atomic E-state index is -1.89. The van der Waals surface area contributed by atoms with Crippen LogP contribution >= 0.6 is 0 Å². The highest BCUT2D eigenvalue weighted by Crippen LogP contribution is 2.50. The van der Waals surface area contributed by atoms with Crippen LogP contribution < -0.4 is 4.74 Å². The van der Waals surface area contributed by atoms with Crippen LogP contribution in [0.5, 0.6) is 23.0 Å². The van der Waals surface area contributed by atoms with Gasteiger partial charge in [-0.25, -0.2) is 0 Å². The van der Waals surface area contributed by atoms with E-state index in [0.29, 0.717) is 5.56 Å². The summed E-state index contributed by atoms with van der Waals surface area (Å²) in [6, 6.07) is 6.64. The highest BCUT2D eigenvalue weighted by molar-refractivity contribution is 6.03. The zero-order valence-corrected chi connectivity index (χ0v) is 21.9. The van der Waals surface area contributed by atoms with E-state index in [1.165, 1.54) is 24.3 Å². The molecule has 0 spiro atoms. The predicted octanol–water partition coefficient (Wildman–Crippen LogP) is -2.15. The number of hydrogen-bond donors (Lipinski definition) is 10. The summed E-state index contributed by atoms with van der Waals surface area (Å²) in [7, 11) is 0. The Bertz CT molecular complexity index is 1280. The van der Waals surface area contributed by atoms with Crippen molar-refractivity contribution in [3.63, 3.8) is 0 Å². The molecule has 0 radical (unpaired) electrons. The van der Waals surface area contributed by atoms with Gasteiger partial charge >= 0.3 is 0 Å². The maximum atomic E-state index is 13.1. The number of carbonyl (C=O) groups excluding carboxylic acids is 1. The molecule has 2 aromatic rings. The molecule has 0 saturated carbocycles. The van der Waals surface area contributed by atoms with Crippen LogP contribution in [0.1, 0.15) is 40.1 Å². The number of phenols is 3. The summed E-state index contributed by atoms with van der Waals surface area (Å²) in [5.74, 6) is -2.19. The topological polar surface area (TPSA) is 256 Å². The van der Waals surface area contributed by atoms with Crippen molar-refractivity contribution in [2.75, 3.05) is 13.2 Å². The van der Waals surface area contributed by atoms with Crippen molar-refractivity contribution in [3.05, 3.63) is 47.0 Å². The molecule has 42 heavy (non-hydrogen) atoms. The summed E-state index contributed by atoms with van der Waals surface area (Å²) < 4.78 is 22.6. The fourth-order valence-corrected chi connectivity index (χ4v) is 5.36. The van der Waals surface area contributed by atoms with Gasteiger partial charge in [-0.2, -0.15) is 0 Å². The third kappa shape index (κ3) is 5.40. The highest BCUT2D eigenvalue weighted by atomic mass is 16.7. The van der Waals surface area contributed by atoms with E-state index in [0.717, 1.165) is 6.07 Å². The van der Waals surface area contributed by atoms with Crippen molar-refractivity contribution < 1.29 is 74.8 Å². The Kier molecular flexibility index (Phi) is 8.60. The summed E-state index contributed by atoms with van der Waals surface area (Å²) in [5.41, 5.74) is -0.133. The lowest BCUT2D eigenvalue weighted by molar-refractivity contribution is -0.314. The standard InChI is InChI=1S/C27H32O15/c28-7-15-19(33)22(36)24(38)27(42-15)39-8-16-20(34)21(35)23(37)26(41-16)18-12(31)5-11(30)17-13(32)6-14(40-25(17)18)9-1-3-10(29)4-2-9/h1-5,14-16,19-24,26-31,33-38H,6-8H2/t14?,15-,16-,19-,20-,21+,22+,23-,24-,26+,27-/m1/s1. The highest BCUT2D eigenvalue weighted by Gasteiger charge is 2.49. The molecular formula is C27H32O15. The number of aliphatic hydroxyl groups is 7. The molecule has 1 unspecified atom stereocenters. The Labute approximate surface area is 238 Å². The van der Waals surface area contributed by atoms with Crippen molar-refractivity contribution in [2.45, 2.75) is 73.8 Å². The average molecular weight is 597 g/mol. The second-order valence-electron chi connectivity index (χ2n) is 10.5. The maximum Gasteiger partial charge on any atom is 0.186 e. The van der Waals surface area contributed by atoms with Crippen LogP contribution in [-0.4, -0.2) is 125 Å². The molecule has 3 aliphatic heterocycles. The normalized spacial score (nSPS) is 36.7. The van der Waals surface area contributed by atoms with Gasteiger partial charge in [0.15, 0.2) is 12.1 Å². The van der Waals surface area contributed by atoms with Gasteiger partial charge in [0.05, 0.1) is 25.2 Å². The van der Waals surface area contributed by atoms with E-state index >= 15 is 0 Å². The van der Waals surface area contributed by atoms with Crippen molar-refractivity contribution in [2.24, 2.45) is 0 Å². The largest absolute Gasteiger partial charge is 0.508 e. The number of fused-ring (bicyclic) bond motifs is 1. The van der Waals surface area contributed by atoms with Gasteiger partial charge in [-0.1, -0.05) is 12.1 Å². The number of hydrogen-bond acceptors (Lipinski definition) is 15. The Morgan fingerprint density at radius 3 is 2.10 bits per heavy atom. The molecule has 5 rings (SSSR count). The number of benzene rings is 2. The van der Waals surface area contributed by atoms with Crippen LogP contribution in [-0.2, 0) is 14.2 Å². The third-order valence-corrected chi connectivity index (χ3v) is 7.72. The van der Waals surface area contributed by atoms with Crippen LogP contribution in [0.4, 0.5) is 0 Å². The lowest BCUT2D eigenvalue weighted by Crippen LogP contribution is -2.60. The number of aliphatic hydroxyl groups excluding tert-OH is 7. The molecule has 2 fully saturated rings. The number of phenolic OH excluding ortho intramolecular Hbond substituents is 3. The summed E-state index contributed by atoms with van der Waals surface area (Å²) in [4.78, 5) is 13.1. The molecule has 2 aromatic carbocycles. The lowest BCUT2D eigenvalue weighted by atomic mass is 9.87. The van der Waals surface area contributed by atoms with Crippen LogP contribution in [0.25, 0.3) is 0 Å². The first kappa shape index (κ1) is 30.4. The number of rotatable bonds is 6. The molecular weight excluding hydrogens is 564 g/mol. The lowest BCUT2D eigenvalue weighted by Gasteiger charge is -2.43. The Morgan fingerprint density at radius 2 is 1.43 bits per heavy atom. The molecule has 0 bridgehead atoms. The van der Waals surface area contributed by atoms with E-state index in [2.05, 4.69) is 0 Å². The van der Waals surface area contributed by atoms with Gasteiger partial charge in [0.2, 0.25) is 0 Å². The summed E-state index contributed by atoms with van der Waals surface area (Å²) in [6.45, 7) is -1.34. The quantitative estimate of drug-likeness (QED) is 0.171. The smallest absolute Gasteiger partial charge is 0.186 e. The molecule has 15 nitrogen and oxygen atoms in total. The molecule has 230 valence electrons. The zero-order chi connectivity index (χ0) is 30.5. The van der Waals surface area contributed by atoms with Crippen molar-refractivity contribution >= 4 is 5.78 Å². The van der Waals surface area contributed by atoms with Gasteiger partial charge in [-0.3, -0.25) is 4.79 Å². The molecule has 10 N–H and O–H groups in total. The molecule has 11 atom stereocenters. The number of carbonyl (C=O) groups is 1. The average Bonchev–Trinajstić information content (AvgIpc) is 2.96. The fraction of sp³-hybridized carbons (Fsp3) is 0.519. The molecule has 0 aliphatic carbocycles. The van der Waals surface area contributed by atoms with Crippen molar-refractivity contribution in [1.29, 1.82) is 0 Å². The summed E-state index contributed by atoms with van der Waals surface area (Å²) in [6.07, 6.45) is -17.8. The zero-order valence-electron chi connectivity index (χ0n) is 21.9. The second-order valence-corrected chi connectivity index (χ2v) is 10.5. The molecule has 0 aromatic heterocycles. The third-order valence-electron chi connectivity index (χ3n) is 7.72. The maximum absolute atomic E-state index is 13.1. The monoisotopic (exact) mass is 596 g/mol. The molecule has 3 aliphatic rings. The molecule has 15 heteroatoms. The van der Waals surface area contributed by atoms with E-state index in [9.17, 15) is 55.9 Å². The number of aromatic hydroxyl groups is 3. The van der Waals surface area contributed by atoms with E-state index in [1.807, 2.05) is 0 Å². The summed E-state index contributed by atoms with van der Waals surface area (Å²) >= 11 is 0. The number of Topliss-reactive ketones (excluding diaryl/α,β-unsaturated/α-hetero) is 1. The van der Waals surface area contributed by atoms with Gasteiger partial charge in [0, 0.05) is 6.07 Å². The first-order valence-electron chi connectivity index (χ1n) is 13.1. The Balaban J connectivity index is 1.43. The van der Waals surface area contributed by atoms with Crippen molar-refractivity contribution in [3.8, 4) is 23.0 Å². The van der Waals surface area contributed by atoms with Gasteiger partial charge < -0.3 is 70.0 Å². The van der Waals surface area contributed by atoms with Crippen LogP contribution in [0.3, 0.4) is 0 Å². The van der Waals surface area contributed by atoms with Crippen molar-refractivity contribution in [1.82, 2.24) is 0 Å². The fourth-order valence-electron chi connectivity index (χ4n) is 5.36. The minimum absolute atomic E-state index is 0.0273. The van der Waals surface area contributed by atoms with Gasteiger partial charge in [0.1, 0.15) is 89.6 Å². The Hall–Kier alpha value is -3.09. The number of ether oxygens (including phenoxy) is 4. The molecule has 0 amide bonds. The van der Waals surface area contributed by atoms with Crippen LogP contribution in [0.15, 0.2) is 30.3 Å². The van der Waals surface area contributed by atoms with Gasteiger partial charge in [0.25, 0.3) is 0 Å².